The van der Waals surface area contributed by atoms with Gasteiger partial charge in [-0.3, -0.25) is 0 Å². The molecule has 0 saturated heterocycles. The number of aromatic nitrogens is 2. The molecule has 2 aromatic heterocycles. The number of methoxy groups -OCH3 is 1. The Kier molecular flexibility index (Phi) is 5.66. The second-order valence-electron chi connectivity index (χ2n) is 6.70. The monoisotopic (exact) mass is 401 g/mol. The minimum atomic E-state index is -0.744. The summed E-state index contributed by atoms with van der Waals surface area (Å²) in [7, 11) is 1.62. The van der Waals surface area contributed by atoms with Crippen LogP contribution in [-0.4, -0.2) is 29.1 Å². The van der Waals surface area contributed by atoms with Crippen LogP contribution in [0.1, 0.15) is 18.7 Å². The third-order valence-electron chi connectivity index (χ3n) is 4.81. The Balaban J connectivity index is 1.86. The topological polar surface area (TPSA) is 64.9 Å². The molecule has 30 heavy (non-hydrogen) atoms. The molecule has 4 rings (SSSR count). The third kappa shape index (κ3) is 3.85. The molecule has 0 aliphatic rings. The van der Waals surface area contributed by atoms with Crippen molar-refractivity contribution in [1.29, 1.82) is 0 Å². The maximum atomic E-state index is 13.0. The Hall–Kier alpha value is -3.80. The van der Waals surface area contributed by atoms with Gasteiger partial charge in [-0.05, 0) is 43.3 Å². The number of esters is 1. The molecule has 1 N–H and O–H groups in total. The summed E-state index contributed by atoms with van der Waals surface area (Å²) in [6.45, 7) is 2.09. The number of carbonyl (C=O) groups excluding carboxylic acids is 1. The van der Waals surface area contributed by atoms with Crippen molar-refractivity contribution < 1.29 is 14.3 Å². The number of anilines is 1. The van der Waals surface area contributed by atoms with Crippen LogP contribution < -0.4 is 10.1 Å². The molecule has 0 aliphatic heterocycles. The molecular formula is C24H23N3O3. The van der Waals surface area contributed by atoms with Crippen molar-refractivity contribution in [3.63, 3.8) is 0 Å². The Bertz CT molecular complexity index is 1140. The number of hydrogen-bond acceptors (Lipinski definition) is 5. The maximum Gasteiger partial charge on any atom is 0.334 e. The lowest BCUT2D eigenvalue weighted by atomic mass is 10.1. The summed E-state index contributed by atoms with van der Waals surface area (Å²) >= 11 is 0. The smallest absolute Gasteiger partial charge is 0.334 e. The van der Waals surface area contributed by atoms with E-state index in [1.54, 1.807) is 14.0 Å². The predicted molar refractivity (Wildman–Crippen MR) is 117 cm³/mol. The zero-order valence-corrected chi connectivity index (χ0v) is 16.9. The lowest BCUT2D eigenvalue weighted by Gasteiger charge is -2.20. The van der Waals surface area contributed by atoms with Gasteiger partial charge in [0.2, 0.25) is 0 Å². The third-order valence-corrected chi connectivity index (χ3v) is 4.81. The Morgan fingerprint density at radius 3 is 2.47 bits per heavy atom. The number of nitrogens with zero attached hydrogens (tertiary/aromatic N) is 2. The first kappa shape index (κ1) is 19.5. The highest BCUT2D eigenvalue weighted by atomic mass is 16.5. The van der Waals surface area contributed by atoms with Gasteiger partial charge in [-0.1, -0.05) is 36.4 Å². The predicted octanol–water partition coefficient (Wildman–Crippen LogP) is 4.73. The first-order valence-corrected chi connectivity index (χ1v) is 9.81. The standard InChI is InChI=1S/C24H23N3O3/c1-3-30-24(28)22(25-18-12-14-19(29-2)15-13-18)23-21(17-9-5-4-6-10-17)26-20-11-7-8-16-27(20)23/h4-16,22,25H,3H2,1-2H3. The van der Waals surface area contributed by atoms with Gasteiger partial charge >= 0.3 is 5.97 Å². The zero-order chi connectivity index (χ0) is 20.9. The van der Waals surface area contributed by atoms with E-state index in [4.69, 9.17) is 14.5 Å². The number of imidazole rings is 1. The molecule has 0 aliphatic carbocycles. The van der Waals surface area contributed by atoms with Gasteiger partial charge in [0.25, 0.3) is 0 Å². The summed E-state index contributed by atoms with van der Waals surface area (Å²) < 4.78 is 12.6. The molecule has 0 bridgehead atoms. The quantitative estimate of drug-likeness (QED) is 0.454. The van der Waals surface area contributed by atoms with Gasteiger partial charge in [0.15, 0.2) is 6.04 Å². The van der Waals surface area contributed by atoms with Crippen LogP contribution >= 0.6 is 0 Å². The fourth-order valence-electron chi connectivity index (χ4n) is 3.42. The van der Waals surface area contributed by atoms with Crippen LogP contribution in [-0.2, 0) is 9.53 Å². The number of pyridine rings is 1. The number of hydrogen-bond donors (Lipinski definition) is 1. The van der Waals surface area contributed by atoms with Gasteiger partial charge in [0.05, 0.1) is 25.1 Å². The van der Waals surface area contributed by atoms with Gasteiger partial charge in [-0.15, -0.1) is 0 Å². The Morgan fingerprint density at radius 2 is 1.77 bits per heavy atom. The van der Waals surface area contributed by atoms with E-state index in [0.29, 0.717) is 0 Å². The van der Waals surface area contributed by atoms with Crippen molar-refractivity contribution in [2.45, 2.75) is 13.0 Å². The van der Waals surface area contributed by atoms with Crippen LogP contribution in [0.5, 0.6) is 5.75 Å². The summed E-state index contributed by atoms with van der Waals surface area (Å²) in [5.41, 5.74) is 3.94. The highest BCUT2D eigenvalue weighted by molar-refractivity contribution is 5.84. The van der Waals surface area contributed by atoms with Gasteiger partial charge in [0.1, 0.15) is 11.4 Å². The van der Waals surface area contributed by atoms with Crippen molar-refractivity contribution in [1.82, 2.24) is 9.38 Å². The summed E-state index contributed by atoms with van der Waals surface area (Å²) in [5, 5.41) is 3.33. The lowest BCUT2D eigenvalue weighted by Crippen LogP contribution is -2.25. The van der Waals surface area contributed by atoms with Crippen molar-refractivity contribution in [3.05, 3.63) is 84.7 Å². The molecule has 1 atom stereocenters. The number of benzene rings is 2. The normalized spacial score (nSPS) is 11.8. The molecule has 0 saturated carbocycles. The SMILES string of the molecule is CCOC(=O)C(Nc1ccc(OC)cc1)c1c(-c2ccccc2)nc2ccccn12. The molecule has 1 unspecified atom stereocenters. The second kappa shape index (κ2) is 8.69. The van der Waals surface area contributed by atoms with E-state index in [1.165, 1.54) is 0 Å². The van der Waals surface area contributed by atoms with Crippen LogP contribution in [0.25, 0.3) is 16.9 Å². The van der Waals surface area contributed by atoms with E-state index in [9.17, 15) is 4.79 Å². The fourth-order valence-corrected chi connectivity index (χ4v) is 3.42. The molecule has 0 radical (unpaired) electrons. The number of carbonyl (C=O) groups is 1. The molecule has 6 heteroatoms. The fraction of sp³-hybridized carbons (Fsp3) is 0.167. The van der Waals surface area contributed by atoms with Crippen LogP contribution in [0.15, 0.2) is 79.0 Å². The van der Waals surface area contributed by atoms with Crippen molar-refractivity contribution in [2.75, 3.05) is 19.0 Å². The van der Waals surface area contributed by atoms with E-state index in [0.717, 1.165) is 34.0 Å². The van der Waals surface area contributed by atoms with E-state index in [1.807, 2.05) is 83.4 Å². The summed E-state index contributed by atoms with van der Waals surface area (Å²) in [5.74, 6) is 0.379. The van der Waals surface area contributed by atoms with E-state index < -0.39 is 6.04 Å². The molecule has 2 heterocycles. The number of nitrogens with one attached hydrogen (secondary N) is 1. The molecule has 0 fully saturated rings. The summed E-state index contributed by atoms with van der Waals surface area (Å²) in [6, 6.07) is 22.3. The molecule has 152 valence electrons. The summed E-state index contributed by atoms with van der Waals surface area (Å²) in [6.07, 6.45) is 1.91. The molecule has 2 aromatic carbocycles. The van der Waals surface area contributed by atoms with Gasteiger partial charge in [0, 0.05) is 17.4 Å². The van der Waals surface area contributed by atoms with Crippen LogP contribution in [0, 0.1) is 0 Å². The highest BCUT2D eigenvalue weighted by Crippen LogP contribution is 2.32. The average Bonchev–Trinajstić information content (AvgIpc) is 3.18. The lowest BCUT2D eigenvalue weighted by molar-refractivity contribution is -0.144. The molecule has 6 nitrogen and oxygen atoms in total. The van der Waals surface area contributed by atoms with E-state index >= 15 is 0 Å². The molecular weight excluding hydrogens is 378 g/mol. The van der Waals surface area contributed by atoms with E-state index in [2.05, 4.69) is 5.32 Å². The molecule has 0 spiro atoms. The second-order valence-corrected chi connectivity index (χ2v) is 6.70. The Labute approximate surface area is 175 Å². The van der Waals surface area contributed by atoms with Gasteiger partial charge in [-0.2, -0.15) is 0 Å². The minimum Gasteiger partial charge on any atom is -0.497 e. The molecule has 0 amide bonds. The number of rotatable bonds is 7. The first-order chi connectivity index (χ1) is 14.7. The first-order valence-electron chi connectivity index (χ1n) is 9.81. The average molecular weight is 401 g/mol. The minimum absolute atomic E-state index is 0.289. The van der Waals surface area contributed by atoms with E-state index in [-0.39, 0.29) is 12.6 Å². The summed E-state index contributed by atoms with van der Waals surface area (Å²) in [4.78, 5) is 17.9. The molecule has 4 aromatic rings. The van der Waals surface area contributed by atoms with Crippen LogP contribution in [0.2, 0.25) is 0 Å². The highest BCUT2D eigenvalue weighted by Gasteiger charge is 2.29. The van der Waals surface area contributed by atoms with Crippen molar-refractivity contribution in [3.8, 4) is 17.0 Å². The maximum absolute atomic E-state index is 13.0. The van der Waals surface area contributed by atoms with Crippen LogP contribution in [0.4, 0.5) is 5.69 Å². The zero-order valence-electron chi connectivity index (χ0n) is 16.9. The number of fused-ring (bicyclic) bond motifs is 1. The van der Waals surface area contributed by atoms with Crippen molar-refractivity contribution >= 4 is 17.3 Å². The van der Waals surface area contributed by atoms with Crippen molar-refractivity contribution in [2.24, 2.45) is 0 Å². The van der Waals surface area contributed by atoms with Gasteiger partial charge < -0.3 is 19.2 Å². The van der Waals surface area contributed by atoms with Gasteiger partial charge in [-0.25, -0.2) is 9.78 Å². The number of ether oxygens (including phenoxy) is 2. The largest absolute Gasteiger partial charge is 0.497 e. The Morgan fingerprint density at radius 1 is 1.03 bits per heavy atom. The van der Waals surface area contributed by atoms with Crippen LogP contribution in [0.3, 0.4) is 0 Å².